The Morgan fingerprint density at radius 3 is 1.43 bits per heavy atom. The molecular weight excluding hydrogens is 275 g/mol. The maximum Gasteiger partial charge on any atom is 0.0681 e. The zero-order chi connectivity index (χ0) is 14.5. The maximum atomic E-state index is 9.21. The van der Waals surface area contributed by atoms with E-state index >= 15 is 0 Å². The van der Waals surface area contributed by atoms with Gasteiger partial charge in [0, 0.05) is 0 Å². The molecular formula is C19H17OP. The molecule has 21 heavy (non-hydrogen) atoms. The second-order valence-corrected chi connectivity index (χ2v) is 7.05. The molecule has 0 fully saturated rings. The smallest absolute Gasteiger partial charge is 0.0681 e. The van der Waals surface area contributed by atoms with E-state index in [2.05, 4.69) is 72.8 Å². The van der Waals surface area contributed by atoms with Gasteiger partial charge < -0.3 is 5.11 Å². The summed E-state index contributed by atoms with van der Waals surface area (Å²) < 4.78 is 0. The molecule has 3 aromatic carbocycles. The minimum atomic E-state index is -0.545. The molecule has 0 aliphatic rings. The Bertz CT molecular complexity index is 638. The fourth-order valence-corrected chi connectivity index (χ4v) is 4.63. The summed E-state index contributed by atoms with van der Waals surface area (Å²) >= 11 is 0. The van der Waals surface area contributed by atoms with Crippen LogP contribution in [0, 0.1) is 0 Å². The number of benzene rings is 3. The number of rotatable bonds is 4. The van der Waals surface area contributed by atoms with Crippen molar-refractivity contribution in [2.75, 3.05) is 0 Å². The van der Waals surface area contributed by atoms with E-state index in [4.69, 9.17) is 0 Å². The Labute approximate surface area is 126 Å². The minimum Gasteiger partial charge on any atom is -0.392 e. The van der Waals surface area contributed by atoms with Crippen LogP contribution in [-0.2, 0) is 6.61 Å². The van der Waals surface area contributed by atoms with Crippen LogP contribution in [0.3, 0.4) is 0 Å². The normalized spacial score (nSPS) is 10.8. The predicted molar refractivity (Wildman–Crippen MR) is 91.1 cm³/mol. The Morgan fingerprint density at radius 2 is 1.00 bits per heavy atom. The van der Waals surface area contributed by atoms with Crippen LogP contribution in [0.15, 0.2) is 84.9 Å². The first-order chi connectivity index (χ1) is 10.4. The van der Waals surface area contributed by atoms with E-state index in [0.29, 0.717) is 0 Å². The summed E-state index contributed by atoms with van der Waals surface area (Å²) in [6.45, 7) is 0.0921. The molecule has 0 bridgehead atoms. The van der Waals surface area contributed by atoms with Gasteiger partial charge in [-0.05, 0) is 29.4 Å². The zero-order valence-electron chi connectivity index (χ0n) is 11.7. The highest BCUT2D eigenvalue weighted by molar-refractivity contribution is 7.79. The Hall–Kier alpha value is -1.95. The quantitative estimate of drug-likeness (QED) is 0.733. The lowest BCUT2D eigenvalue weighted by Gasteiger charge is -2.19. The van der Waals surface area contributed by atoms with E-state index in [1.165, 1.54) is 15.9 Å². The third-order valence-corrected chi connectivity index (χ3v) is 5.85. The number of aliphatic hydroxyl groups is 1. The van der Waals surface area contributed by atoms with Gasteiger partial charge in [0.1, 0.15) is 0 Å². The average Bonchev–Trinajstić information content (AvgIpc) is 2.58. The standard InChI is InChI=1S/C19H17OP/c20-15-16-11-13-19(14-12-16)21(17-7-3-1-4-8-17)18-9-5-2-6-10-18/h1-14,20H,15H2. The third kappa shape index (κ3) is 3.21. The SMILES string of the molecule is OCc1ccc(P(c2ccccc2)c2ccccc2)cc1. The van der Waals surface area contributed by atoms with E-state index in [-0.39, 0.29) is 6.61 Å². The van der Waals surface area contributed by atoms with Gasteiger partial charge in [0.15, 0.2) is 0 Å². The van der Waals surface area contributed by atoms with Gasteiger partial charge in [0.2, 0.25) is 0 Å². The van der Waals surface area contributed by atoms with E-state index in [9.17, 15) is 5.11 Å². The third-order valence-electron chi connectivity index (χ3n) is 3.41. The van der Waals surface area contributed by atoms with Gasteiger partial charge in [-0.15, -0.1) is 0 Å². The maximum absolute atomic E-state index is 9.21. The second kappa shape index (κ2) is 6.67. The minimum absolute atomic E-state index is 0.0921. The first-order valence-corrected chi connectivity index (χ1v) is 8.32. The van der Waals surface area contributed by atoms with Crippen LogP contribution in [0.25, 0.3) is 0 Å². The Kier molecular flexibility index (Phi) is 4.45. The first-order valence-electron chi connectivity index (χ1n) is 6.98. The highest BCUT2D eigenvalue weighted by atomic mass is 31.1. The van der Waals surface area contributed by atoms with Gasteiger partial charge in [-0.2, -0.15) is 0 Å². The van der Waals surface area contributed by atoms with Gasteiger partial charge in [-0.3, -0.25) is 0 Å². The number of hydrogen-bond acceptors (Lipinski definition) is 1. The lowest BCUT2D eigenvalue weighted by molar-refractivity contribution is 0.282. The summed E-state index contributed by atoms with van der Waals surface area (Å²) in [7, 11) is -0.545. The molecule has 0 saturated carbocycles. The summed E-state index contributed by atoms with van der Waals surface area (Å²) in [4.78, 5) is 0. The predicted octanol–water partition coefficient (Wildman–Crippen LogP) is 2.94. The molecule has 0 saturated heterocycles. The van der Waals surface area contributed by atoms with Crippen molar-refractivity contribution in [3.05, 3.63) is 90.5 Å². The summed E-state index contributed by atoms with van der Waals surface area (Å²) in [6, 6.07) is 29.5. The molecule has 1 N–H and O–H groups in total. The Balaban J connectivity index is 2.07. The molecule has 0 atom stereocenters. The zero-order valence-corrected chi connectivity index (χ0v) is 12.6. The van der Waals surface area contributed by atoms with Gasteiger partial charge >= 0.3 is 0 Å². The molecule has 0 aromatic heterocycles. The molecule has 0 aliphatic carbocycles. The number of hydrogen-bond donors (Lipinski definition) is 1. The van der Waals surface area contributed by atoms with Gasteiger partial charge in [0.25, 0.3) is 0 Å². The largest absolute Gasteiger partial charge is 0.392 e. The van der Waals surface area contributed by atoms with Crippen LogP contribution < -0.4 is 15.9 Å². The molecule has 3 rings (SSSR count). The molecule has 0 aliphatic heterocycles. The monoisotopic (exact) mass is 292 g/mol. The molecule has 0 spiro atoms. The van der Waals surface area contributed by atoms with Crippen LogP contribution >= 0.6 is 7.92 Å². The van der Waals surface area contributed by atoms with Crippen molar-refractivity contribution in [3.63, 3.8) is 0 Å². The van der Waals surface area contributed by atoms with E-state index < -0.39 is 7.92 Å². The first kappa shape index (κ1) is 14.0. The molecule has 0 amide bonds. The van der Waals surface area contributed by atoms with Crippen molar-refractivity contribution in [2.24, 2.45) is 0 Å². The molecule has 0 heterocycles. The van der Waals surface area contributed by atoms with Gasteiger partial charge in [-0.1, -0.05) is 84.9 Å². The molecule has 2 heteroatoms. The number of aliphatic hydroxyl groups excluding tert-OH is 1. The topological polar surface area (TPSA) is 20.2 Å². The van der Waals surface area contributed by atoms with E-state index in [1.54, 1.807) is 0 Å². The van der Waals surface area contributed by atoms with Crippen molar-refractivity contribution < 1.29 is 5.11 Å². The van der Waals surface area contributed by atoms with Crippen molar-refractivity contribution in [3.8, 4) is 0 Å². The van der Waals surface area contributed by atoms with Crippen molar-refractivity contribution >= 4 is 23.8 Å². The summed E-state index contributed by atoms with van der Waals surface area (Å²) in [5, 5.41) is 13.2. The van der Waals surface area contributed by atoms with Crippen LogP contribution in [0.4, 0.5) is 0 Å². The van der Waals surface area contributed by atoms with Gasteiger partial charge in [0.05, 0.1) is 6.61 Å². The highest BCUT2D eigenvalue weighted by Gasteiger charge is 2.15. The van der Waals surface area contributed by atoms with Crippen molar-refractivity contribution in [1.82, 2.24) is 0 Å². The fourth-order valence-electron chi connectivity index (χ4n) is 2.35. The highest BCUT2D eigenvalue weighted by Crippen LogP contribution is 2.32. The van der Waals surface area contributed by atoms with Crippen LogP contribution in [0.1, 0.15) is 5.56 Å². The summed E-state index contributed by atoms with van der Waals surface area (Å²) in [5.41, 5.74) is 0.954. The fraction of sp³-hybridized carbons (Fsp3) is 0.0526. The Morgan fingerprint density at radius 1 is 0.571 bits per heavy atom. The van der Waals surface area contributed by atoms with Gasteiger partial charge in [-0.25, -0.2) is 0 Å². The molecule has 104 valence electrons. The molecule has 3 aromatic rings. The molecule has 0 unspecified atom stereocenters. The van der Waals surface area contributed by atoms with Crippen LogP contribution in [0.2, 0.25) is 0 Å². The van der Waals surface area contributed by atoms with E-state index in [1.807, 2.05) is 12.1 Å². The average molecular weight is 292 g/mol. The van der Waals surface area contributed by atoms with E-state index in [0.717, 1.165) is 5.56 Å². The van der Waals surface area contributed by atoms with Crippen molar-refractivity contribution in [2.45, 2.75) is 6.61 Å². The van der Waals surface area contributed by atoms with Crippen LogP contribution in [-0.4, -0.2) is 5.11 Å². The summed E-state index contributed by atoms with van der Waals surface area (Å²) in [5.74, 6) is 0. The second-order valence-electron chi connectivity index (χ2n) is 4.83. The molecule has 1 nitrogen and oxygen atoms in total. The lowest BCUT2D eigenvalue weighted by atomic mass is 10.2. The summed E-state index contributed by atoms with van der Waals surface area (Å²) in [6.07, 6.45) is 0. The van der Waals surface area contributed by atoms with Crippen molar-refractivity contribution in [1.29, 1.82) is 0 Å². The molecule has 0 radical (unpaired) electrons. The van der Waals surface area contributed by atoms with Crippen LogP contribution in [0.5, 0.6) is 0 Å². The lowest BCUT2D eigenvalue weighted by Crippen LogP contribution is -2.20.